The smallest absolute Gasteiger partial charge is 0.117 e. The van der Waals surface area contributed by atoms with Gasteiger partial charge in [-0.1, -0.05) is 29.8 Å². The average Bonchev–Trinajstić information content (AvgIpc) is 2.77. The van der Waals surface area contributed by atoms with Gasteiger partial charge in [0.15, 0.2) is 0 Å². The van der Waals surface area contributed by atoms with Gasteiger partial charge in [0.2, 0.25) is 0 Å². The van der Waals surface area contributed by atoms with Gasteiger partial charge >= 0.3 is 0 Å². The normalized spacial score (nSPS) is 11.5. The molecule has 0 radical (unpaired) electrons. The van der Waals surface area contributed by atoms with E-state index in [1.807, 2.05) is 30.3 Å². The van der Waals surface area contributed by atoms with Gasteiger partial charge in [-0.25, -0.2) is 4.98 Å². The Morgan fingerprint density at radius 2 is 1.86 bits per heavy atom. The van der Waals surface area contributed by atoms with Crippen LogP contribution < -0.4 is 5.73 Å². The molecule has 108 valence electrons. The average molecular weight is 409 g/mol. The number of fused-ring (bicyclic) bond motifs is 1. The summed E-state index contributed by atoms with van der Waals surface area (Å²) in [6, 6.07) is 12.0. The van der Waals surface area contributed by atoms with E-state index in [-0.39, 0.29) is 0 Å². The maximum atomic E-state index is 5.88. The summed E-state index contributed by atoms with van der Waals surface area (Å²) >= 11 is 7.14. The highest BCUT2D eigenvalue weighted by atomic mass is 79.9. The second-order valence-corrected chi connectivity index (χ2v) is 7.07. The van der Waals surface area contributed by atoms with Crippen LogP contribution in [0.25, 0.3) is 16.7 Å². The maximum Gasteiger partial charge on any atom is 0.117 e. The number of nitrogens with zero attached hydrogens (tertiary/aromatic N) is 2. The fraction of sp³-hybridized carbons (Fsp3) is 0.188. The predicted octanol–water partition coefficient (Wildman–Crippen LogP) is 5.26. The van der Waals surface area contributed by atoms with Gasteiger partial charge < -0.3 is 5.73 Å². The number of anilines is 1. The lowest BCUT2D eigenvalue weighted by atomic mass is 10.2. The first-order valence-electron chi connectivity index (χ1n) is 6.70. The van der Waals surface area contributed by atoms with E-state index in [4.69, 9.17) is 10.7 Å². The summed E-state index contributed by atoms with van der Waals surface area (Å²) in [4.78, 5) is 4.76. The number of hydrogen-bond donors (Lipinski definition) is 1. The number of rotatable bonds is 2. The Morgan fingerprint density at radius 1 is 1.10 bits per heavy atom. The van der Waals surface area contributed by atoms with E-state index in [9.17, 15) is 0 Å². The third-order valence-corrected chi connectivity index (χ3v) is 4.50. The molecule has 0 saturated carbocycles. The van der Waals surface area contributed by atoms with Crippen LogP contribution in [0.4, 0.5) is 5.69 Å². The van der Waals surface area contributed by atoms with Crippen LogP contribution in [0.5, 0.6) is 0 Å². The van der Waals surface area contributed by atoms with Gasteiger partial charge in [-0.2, -0.15) is 0 Å². The van der Waals surface area contributed by atoms with E-state index in [1.54, 1.807) is 0 Å². The molecular weight excluding hydrogens is 394 g/mol. The van der Waals surface area contributed by atoms with Crippen LogP contribution in [0.1, 0.15) is 25.6 Å². The molecule has 3 nitrogen and oxygen atoms in total. The lowest BCUT2D eigenvalue weighted by molar-refractivity contribution is 0.759. The zero-order valence-electron chi connectivity index (χ0n) is 11.8. The summed E-state index contributed by atoms with van der Waals surface area (Å²) in [6.07, 6.45) is 0. The lowest BCUT2D eigenvalue weighted by Gasteiger charge is -2.13. The first-order valence-corrected chi connectivity index (χ1v) is 8.29. The molecule has 0 fully saturated rings. The molecule has 0 unspecified atom stereocenters. The Morgan fingerprint density at radius 3 is 2.52 bits per heavy atom. The summed E-state index contributed by atoms with van der Waals surface area (Å²) in [5.74, 6) is 1.34. The standard InChI is InChI=1S/C16H15Br2N3/c1-9(2)16-20-13-8-11(19)4-6-15(13)21(16)14-5-3-10(17)7-12(14)18/h3-9H,19H2,1-2H3. The van der Waals surface area contributed by atoms with Gasteiger partial charge in [0.1, 0.15) is 5.82 Å². The van der Waals surface area contributed by atoms with Crippen LogP contribution in [0.3, 0.4) is 0 Å². The monoisotopic (exact) mass is 407 g/mol. The highest BCUT2D eigenvalue weighted by Crippen LogP contribution is 2.32. The van der Waals surface area contributed by atoms with Crippen molar-refractivity contribution >= 4 is 48.6 Å². The second-order valence-electron chi connectivity index (χ2n) is 5.30. The van der Waals surface area contributed by atoms with Gasteiger partial charge in [0.05, 0.1) is 16.7 Å². The third-order valence-electron chi connectivity index (χ3n) is 3.37. The van der Waals surface area contributed by atoms with Crippen molar-refractivity contribution in [2.75, 3.05) is 5.73 Å². The minimum atomic E-state index is 0.314. The molecule has 0 saturated heterocycles. The molecular formula is C16H15Br2N3. The Labute approximate surface area is 140 Å². The summed E-state index contributed by atoms with van der Waals surface area (Å²) < 4.78 is 4.25. The third kappa shape index (κ3) is 2.60. The molecule has 21 heavy (non-hydrogen) atoms. The van der Waals surface area contributed by atoms with E-state index in [1.165, 1.54) is 0 Å². The Balaban J connectivity index is 2.36. The summed E-state index contributed by atoms with van der Waals surface area (Å²) in [5.41, 5.74) is 9.68. The van der Waals surface area contributed by atoms with Crippen molar-refractivity contribution in [1.29, 1.82) is 0 Å². The van der Waals surface area contributed by atoms with E-state index in [2.05, 4.69) is 56.3 Å². The fourth-order valence-corrected chi connectivity index (χ4v) is 3.64. The van der Waals surface area contributed by atoms with Crippen LogP contribution in [-0.2, 0) is 0 Å². The maximum absolute atomic E-state index is 5.88. The van der Waals surface area contributed by atoms with Crippen molar-refractivity contribution in [3.05, 3.63) is 51.2 Å². The van der Waals surface area contributed by atoms with Crippen LogP contribution in [0.2, 0.25) is 0 Å². The van der Waals surface area contributed by atoms with Gasteiger partial charge in [0.25, 0.3) is 0 Å². The van der Waals surface area contributed by atoms with Crippen molar-refractivity contribution in [3.63, 3.8) is 0 Å². The van der Waals surface area contributed by atoms with Gasteiger partial charge in [0, 0.05) is 20.6 Å². The van der Waals surface area contributed by atoms with E-state index < -0.39 is 0 Å². The molecule has 2 aromatic carbocycles. The number of benzene rings is 2. The van der Waals surface area contributed by atoms with Crippen LogP contribution in [-0.4, -0.2) is 9.55 Å². The Kier molecular flexibility index (Phi) is 3.80. The highest BCUT2D eigenvalue weighted by Gasteiger charge is 2.17. The van der Waals surface area contributed by atoms with Crippen molar-refractivity contribution in [1.82, 2.24) is 9.55 Å². The molecule has 0 atom stereocenters. The first-order chi connectivity index (χ1) is 9.97. The van der Waals surface area contributed by atoms with Crippen molar-refractivity contribution in [3.8, 4) is 5.69 Å². The number of hydrogen-bond acceptors (Lipinski definition) is 2. The molecule has 2 N–H and O–H groups in total. The zero-order valence-corrected chi connectivity index (χ0v) is 14.9. The molecule has 0 aliphatic carbocycles. The van der Waals surface area contributed by atoms with Gasteiger partial charge in [-0.05, 0) is 52.3 Å². The number of halogens is 2. The number of aromatic nitrogens is 2. The largest absolute Gasteiger partial charge is 0.399 e. The molecule has 0 bridgehead atoms. The van der Waals surface area contributed by atoms with Gasteiger partial charge in [-0.3, -0.25) is 4.57 Å². The Bertz CT molecular complexity index is 822. The molecule has 0 aliphatic rings. The number of imidazole rings is 1. The first kappa shape index (κ1) is 14.6. The number of nitrogens with two attached hydrogens (primary N) is 1. The van der Waals surface area contributed by atoms with E-state index in [0.29, 0.717) is 5.92 Å². The van der Waals surface area contributed by atoms with E-state index >= 15 is 0 Å². The molecule has 3 rings (SSSR count). The van der Waals surface area contributed by atoms with E-state index in [0.717, 1.165) is 37.2 Å². The summed E-state index contributed by atoms with van der Waals surface area (Å²) in [6.45, 7) is 4.29. The molecule has 1 heterocycles. The predicted molar refractivity (Wildman–Crippen MR) is 95.0 cm³/mol. The molecule has 0 aliphatic heterocycles. The van der Waals surface area contributed by atoms with Crippen LogP contribution >= 0.6 is 31.9 Å². The molecule has 5 heteroatoms. The molecule has 3 aromatic rings. The molecule has 1 aromatic heterocycles. The van der Waals surface area contributed by atoms with Crippen molar-refractivity contribution in [2.24, 2.45) is 0 Å². The van der Waals surface area contributed by atoms with Crippen LogP contribution in [0.15, 0.2) is 45.3 Å². The second kappa shape index (κ2) is 5.46. The number of nitrogen functional groups attached to an aromatic ring is 1. The van der Waals surface area contributed by atoms with Crippen molar-refractivity contribution in [2.45, 2.75) is 19.8 Å². The zero-order chi connectivity index (χ0) is 15.1. The molecule has 0 amide bonds. The fourth-order valence-electron chi connectivity index (χ4n) is 2.42. The molecule has 0 spiro atoms. The quantitative estimate of drug-likeness (QED) is 0.588. The topological polar surface area (TPSA) is 43.8 Å². The summed E-state index contributed by atoms with van der Waals surface area (Å²) in [5, 5.41) is 0. The SMILES string of the molecule is CC(C)c1nc2cc(N)ccc2n1-c1ccc(Br)cc1Br. The summed E-state index contributed by atoms with van der Waals surface area (Å²) in [7, 11) is 0. The minimum absolute atomic E-state index is 0.314. The van der Waals surface area contributed by atoms with Crippen LogP contribution in [0, 0.1) is 0 Å². The Hall–Kier alpha value is -1.33. The van der Waals surface area contributed by atoms with Gasteiger partial charge in [-0.15, -0.1) is 0 Å². The van der Waals surface area contributed by atoms with Crippen molar-refractivity contribution < 1.29 is 0 Å². The highest BCUT2D eigenvalue weighted by molar-refractivity contribution is 9.11. The minimum Gasteiger partial charge on any atom is -0.399 e. The lowest BCUT2D eigenvalue weighted by Crippen LogP contribution is -2.03.